The third-order valence-electron chi connectivity index (χ3n) is 2.88. The quantitative estimate of drug-likeness (QED) is 0.650. The van der Waals surface area contributed by atoms with Crippen LogP contribution in [0.25, 0.3) is 0 Å². The van der Waals surface area contributed by atoms with Crippen molar-refractivity contribution < 1.29 is 19.4 Å². The third kappa shape index (κ3) is 3.32. The maximum absolute atomic E-state index is 10.8. The number of nitrogens with two attached hydrogens (primary N) is 1. The van der Waals surface area contributed by atoms with E-state index in [1.165, 1.54) is 26.4 Å². The molecule has 0 radical (unpaired) electrons. The van der Waals surface area contributed by atoms with Crippen LogP contribution in [0.4, 0.5) is 17.1 Å². The molecule has 0 amide bonds. The number of rotatable bonds is 5. The Morgan fingerprint density at radius 2 is 1.59 bits per heavy atom. The molecule has 0 aliphatic rings. The minimum absolute atomic E-state index is 0.182. The second kappa shape index (κ2) is 6.57. The van der Waals surface area contributed by atoms with E-state index in [1.54, 1.807) is 24.3 Å². The van der Waals surface area contributed by atoms with E-state index in [1.807, 2.05) is 0 Å². The number of methoxy groups -OCH3 is 2. The van der Waals surface area contributed by atoms with Crippen LogP contribution in [0.5, 0.6) is 11.5 Å². The topological polar surface area (TPSA) is 107 Å². The average Bonchev–Trinajstić information content (AvgIpc) is 2.53. The Kier molecular flexibility index (Phi) is 4.57. The van der Waals surface area contributed by atoms with Crippen LogP contribution in [0.15, 0.2) is 46.6 Å². The zero-order valence-electron chi connectivity index (χ0n) is 12.1. The summed E-state index contributed by atoms with van der Waals surface area (Å²) in [5.74, 6) is -0.129. The van der Waals surface area contributed by atoms with E-state index in [0.717, 1.165) is 0 Å². The monoisotopic (exact) mass is 301 g/mol. The second-order valence-electron chi connectivity index (χ2n) is 4.33. The molecule has 0 heterocycles. The molecule has 2 rings (SSSR count). The van der Waals surface area contributed by atoms with Crippen LogP contribution in [0, 0.1) is 0 Å². The summed E-state index contributed by atoms with van der Waals surface area (Å²) in [4.78, 5) is 10.8. The number of nitrogens with zero attached hydrogens (tertiary/aromatic N) is 2. The summed E-state index contributed by atoms with van der Waals surface area (Å²) in [6, 6.07) is 9.25. The maximum atomic E-state index is 10.8. The molecular formula is C15H15N3O4. The number of carbonyl (C=O) groups is 1. The molecule has 0 saturated carbocycles. The number of carboxylic acids is 1. The van der Waals surface area contributed by atoms with E-state index in [4.69, 9.17) is 20.3 Å². The smallest absolute Gasteiger partial charge is 0.335 e. The van der Waals surface area contributed by atoms with Crippen LogP contribution < -0.4 is 15.2 Å². The summed E-state index contributed by atoms with van der Waals surface area (Å²) in [7, 11) is 2.99. The Morgan fingerprint density at radius 3 is 2.05 bits per heavy atom. The van der Waals surface area contributed by atoms with Gasteiger partial charge in [-0.25, -0.2) is 4.79 Å². The zero-order chi connectivity index (χ0) is 16.1. The molecule has 2 aromatic carbocycles. The standard InChI is InChI=1S/C15H15N3O4/c1-21-12-7-10(16)8-13(22-2)14(12)18-17-11-5-3-9(4-6-11)15(19)20/h3-8H,16H2,1-2H3,(H,19,20). The Labute approximate surface area is 127 Å². The Balaban J connectivity index is 2.35. The number of hydrogen-bond acceptors (Lipinski definition) is 6. The number of ether oxygens (including phenoxy) is 2. The predicted molar refractivity (Wildman–Crippen MR) is 81.5 cm³/mol. The first kappa shape index (κ1) is 15.3. The molecular weight excluding hydrogens is 286 g/mol. The molecule has 0 aliphatic heterocycles. The molecule has 3 N–H and O–H groups in total. The predicted octanol–water partition coefficient (Wildman–Crippen LogP) is 3.40. The van der Waals surface area contributed by atoms with Crippen molar-refractivity contribution in [1.82, 2.24) is 0 Å². The van der Waals surface area contributed by atoms with E-state index in [0.29, 0.717) is 28.6 Å². The van der Waals surface area contributed by atoms with Crippen molar-refractivity contribution in [1.29, 1.82) is 0 Å². The van der Waals surface area contributed by atoms with Crippen molar-refractivity contribution in [3.63, 3.8) is 0 Å². The van der Waals surface area contributed by atoms with Crippen LogP contribution >= 0.6 is 0 Å². The van der Waals surface area contributed by atoms with Gasteiger partial charge in [-0.15, -0.1) is 5.11 Å². The molecule has 0 spiro atoms. The average molecular weight is 301 g/mol. The van der Waals surface area contributed by atoms with Crippen molar-refractivity contribution in [3.05, 3.63) is 42.0 Å². The van der Waals surface area contributed by atoms with Crippen molar-refractivity contribution in [2.24, 2.45) is 10.2 Å². The molecule has 0 fully saturated rings. The van der Waals surface area contributed by atoms with Gasteiger partial charge >= 0.3 is 5.97 Å². The van der Waals surface area contributed by atoms with Crippen LogP contribution in [0.1, 0.15) is 10.4 Å². The Morgan fingerprint density at radius 1 is 1.05 bits per heavy atom. The van der Waals surface area contributed by atoms with Crippen molar-refractivity contribution in [3.8, 4) is 11.5 Å². The minimum Gasteiger partial charge on any atom is -0.494 e. The molecule has 114 valence electrons. The second-order valence-corrected chi connectivity index (χ2v) is 4.33. The molecule has 7 nitrogen and oxygen atoms in total. The van der Waals surface area contributed by atoms with Crippen molar-refractivity contribution in [2.75, 3.05) is 20.0 Å². The summed E-state index contributed by atoms with van der Waals surface area (Å²) >= 11 is 0. The van der Waals surface area contributed by atoms with Gasteiger partial charge in [0.15, 0.2) is 17.2 Å². The van der Waals surface area contributed by atoms with E-state index >= 15 is 0 Å². The van der Waals surface area contributed by atoms with E-state index < -0.39 is 5.97 Å². The van der Waals surface area contributed by atoms with Gasteiger partial charge in [-0.1, -0.05) is 0 Å². The number of nitrogen functional groups attached to an aromatic ring is 1. The summed E-state index contributed by atoms with van der Waals surface area (Å²) in [5.41, 5.74) is 7.32. The fourth-order valence-corrected chi connectivity index (χ4v) is 1.79. The number of azo groups is 1. The van der Waals surface area contributed by atoms with Crippen LogP contribution in [-0.2, 0) is 0 Å². The molecule has 0 bridgehead atoms. The number of hydrogen-bond donors (Lipinski definition) is 2. The first-order valence-corrected chi connectivity index (χ1v) is 6.31. The van der Waals surface area contributed by atoms with Crippen LogP contribution in [-0.4, -0.2) is 25.3 Å². The lowest BCUT2D eigenvalue weighted by molar-refractivity contribution is 0.0697. The molecule has 0 atom stereocenters. The minimum atomic E-state index is -0.995. The Hall–Kier alpha value is -3.09. The van der Waals surface area contributed by atoms with Gasteiger partial charge in [-0.3, -0.25) is 0 Å². The van der Waals surface area contributed by atoms with Crippen molar-refractivity contribution in [2.45, 2.75) is 0 Å². The largest absolute Gasteiger partial charge is 0.494 e. The molecule has 0 unspecified atom stereocenters. The van der Waals surface area contributed by atoms with Gasteiger partial charge in [0.25, 0.3) is 0 Å². The van der Waals surface area contributed by atoms with Gasteiger partial charge in [0, 0.05) is 17.8 Å². The maximum Gasteiger partial charge on any atom is 0.335 e. The van der Waals surface area contributed by atoms with Gasteiger partial charge in [-0.2, -0.15) is 5.11 Å². The summed E-state index contributed by atoms with van der Waals surface area (Å²) in [6.45, 7) is 0. The first-order valence-electron chi connectivity index (χ1n) is 6.31. The highest BCUT2D eigenvalue weighted by Crippen LogP contribution is 2.40. The van der Waals surface area contributed by atoms with Crippen molar-refractivity contribution >= 4 is 23.0 Å². The van der Waals surface area contributed by atoms with E-state index in [2.05, 4.69) is 10.2 Å². The molecule has 2 aromatic rings. The normalized spacial score (nSPS) is 10.6. The third-order valence-corrected chi connectivity index (χ3v) is 2.88. The van der Waals surface area contributed by atoms with Gasteiger partial charge < -0.3 is 20.3 Å². The van der Waals surface area contributed by atoms with Crippen LogP contribution in [0.3, 0.4) is 0 Å². The lowest BCUT2D eigenvalue weighted by Gasteiger charge is -2.09. The Bertz CT molecular complexity index is 686. The van der Waals surface area contributed by atoms with E-state index in [9.17, 15) is 4.79 Å². The lowest BCUT2D eigenvalue weighted by atomic mass is 10.2. The summed E-state index contributed by atoms with van der Waals surface area (Å²) in [6.07, 6.45) is 0. The fraction of sp³-hybridized carbons (Fsp3) is 0.133. The lowest BCUT2D eigenvalue weighted by Crippen LogP contribution is -1.94. The molecule has 7 heteroatoms. The van der Waals surface area contributed by atoms with Crippen LogP contribution in [0.2, 0.25) is 0 Å². The highest BCUT2D eigenvalue weighted by molar-refractivity contribution is 5.87. The molecule has 0 aliphatic carbocycles. The molecule has 0 aromatic heterocycles. The zero-order valence-corrected chi connectivity index (χ0v) is 12.1. The van der Waals surface area contributed by atoms with Gasteiger partial charge in [0.2, 0.25) is 0 Å². The highest BCUT2D eigenvalue weighted by atomic mass is 16.5. The first-order chi connectivity index (χ1) is 10.5. The SMILES string of the molecule is COc1cc(N)cc(OC)c1N=Nc1ccc(C(=O)O)cc1. The van der Waals surface area contributed by atoms with Gasteiger partial charge in [-0.05, 0) is 24.3 Å². The summed E-state index contributed by atoms with van der Waals surface area (Å²) < 4.78 is 10.4. The number of carboxylic acid groups (broad SMARTS) is 1. The van der Waals surface area contributed by atoms with Gasteiger partial charge in [0.05, 0.1) is 25.5 Å². The fourth-order valence-electron chi connectivity index (χ4n) is 1.79. The van der Waals surface area contributed by atoms with E-state index in [-0.39, 0.29) is 5.56 Å². The van der Waals surface area contributed by atoms with Gasteiger partial charge in [0.1, 0.15) is 0 Å². The molecule has 0 saturated heterocycles. The molecule has 22 heavy (non-hydrogen) atoms. The number of anilines is 1. The summed E-state index contributed by atoms with van der Waals surface area (Å²) in [5, 5.41) is 17.0. The number of aromatic carboxylic acids is 1. The number of benzene rings is 2. The highest BCUT2D eigenvalue weighted by Gasteiger charge is 2.11.